The Morgan fingerprint density at radius 2 is 0.761 bits per heavy atom. The zero-order chi connectivity index (χ0) is 63.9. The lowest BCUT2D eigenvalue weighted by atomic mass is 9.64. The van der Waals surface area contributed by atoms with Gasteiger partial charge < -0.3 is 80.9 Å². The minimum absolute atomic E-state index is 0.0441. The molecular formula is C68H130O20. The number of aliphatic carboxylic acids is 1. The number of esters is 2. The standard InChI is InChI=1S/C68H130O20/c1-7-11-13-17-39-87-67(72)63(58-68(6,10-4)64-25-15-14-16-26-64)57-62(65(69)70)56-60(5)66(71)88-55-54-85-53-52-84-51-50-83-49-48-82-47-46-81-45-44-80-43-42-79-41-40-78-37-22-35-76-33-20-31-74-29-18-27-73-28-19-30-75-32-21-34-77-36-23-38-86-59-61(9-3)24-12-8-2/h60-64H,7-59H2,1-6H3,(H,69,70). The molecule has 0 aromatic carbocycles. The molecule has 0 heterocycles. The molecule has 0 bridgehead atoms. The molecule has 5 atom stereocenters. The molecule has 522 valence electrons. The third-order valence-corrected chi connectivity index (χ3v) is 16.1. The smallest absolute Gasteiger partial charge is 0.308 e. The first-order valence-corrected chi connectivity index (χ1v) is 34.8. The second kappa shape index (κ2) is 63.6. The van der Waals surface area contributed by atoms with Crippen molar-refractivity contribution in [2.24, 2.45) is 35.0 Å². The molecule has 1 N–H and O–H groups in total. The van der Waals surface area contributed by atoms with Crippen LogP contribution in [0, 0.1) is 35.0 Å². The van der Waals surface area contributed by atoms with E-state index < -0.39 is 29.7 Å². The third-order valence-electron chi connectivity index (χ3n) is 16.1. The van der Waals surface area contributed by atoms with Crippen molar-refractivity contribution in [1.29, 1.82) is 0 Å². The van der Waals surface area contributed by atoms with Crippen molar-refractivity contribution in [3.05, 3.63) is 0 Å². The summed E-state index contributed by atoms with van der Waals surface area (Å²) < 4.78 is 90.1. The Kier molecular flexibility index (Phi) is 60.6. The summed E-state index contributed by atoms with van der Waals surface area (Å²) in [6, 6.07) is 0. The first-order chi connectivity index (χ1) is 43.1. The second-order valence-electron chi connectivity index (χ2n) is 23.6. The molecule has 5 unspecified atom stereocenters. The van der Waals surface area contributed by atoms with E-state index in [9.17, 15) is 19.5 Å². The fourth-order valence-electron chi connectivity index (χ4n) is 10.4. The Balaban J connectivity index is 1.85. The van der Waals surface area contributed by atoms with Crippen molar-refractivity contribution >= 4 is 17.9 Å². The number of hydrogen-bond donors (Lipinski definition) is 1. The fourth-order valence-corrected chi connectivity index (χ4v) is 10.4. The van der Waals surface area contributed by atoms with Crippen LogP contribution in [0.15, 0.2) is 0 Å². The van der Waals surface area contributed by atoms with E-state index in [0.29, 0.717) is 170 Å². The number of hydrogen-bond acceptors (Lipinski definition) is 19. The molecule has 20 nitrogen and oxygen atoms in total. The molecule has 0 spiro atoms. The van der Waals surface area contributed by atoms with Crippen molar-refractivity contribution < 1.29 is 95.3 Å². The monoisotopic (exact) mass is 1270 g/mol. The van der Waals surface area contributed by atoms with E-state index in [4.69, 9.17) is 75.8 Å². The molecule has 1 rings (SSSR count). The Bertz CT molecular complexity index is 1510. The van der Waals surface area contributed by atoms with Gasteiger partial charge in [0, 0.05) is 85.9 Å². The maximum atomic E-state index is 13.6. The Morgan fingerprint density at radius 1 is 0.398 bits per heavy atom. The van der Waals surface area contributed by atoms with Gasteiger partial charge in [-0.1, -0.05) is 106 Å². The van der Waals surface area contributed by atoms with Crippen LogP contribution in [0.2, 0.25) is 0 Å². The molecule has 1 fully saturated rings. The molecule has 0 aliphatic heterocycles. The van der Waals surface area contributed by atoms with Gasteiger partial charge >= 0.3 is 17.9 Å². The minimum Gasteiger partial charge on any atom is -0.481 e. The Labute approximate surface area is 533 Å². The average molecular weight is 1270 g/mol. The van der Waals surface area contributed by atoms with Gasteiger partial charge in [0.15, 0.2) is 0 Å². The number of carbonyl (C=O) groups is 3. The highest BCUT2D eigenvalue weighted by atomic mass is 16.6. The summed E-state index contributed by atoms with van der Waals surface area (Å²) in [6.07, 6.45) is 21.9. The van der Waals surface area contributed by atoms with Crippen molar-refractivity contribution in [3.63, 3.8) is 0 Å². The van der Waals surface area contributed by atoms with Crippen molar-refractivity contribution in [2.75, 3.05) is 198 Å². The number of rotatable bonds is 70. The van der Waals surface area contributed by atoms with Gasteiger partial charge in [-0.15, -0.1) is 0 Å². The Hall–Kier alpha value is -2.15. The first kappa shape index (κ1) is 83.9. The summed E-state index contributed by atoms with van der Waals surface area (Å²) in [5, 5.41) is 10.3. The predicted octanol–water partition coefficient (Wildman–Crippen LogP) is 11.6. The van der Waals surface area contributed by atoms with Crippen molar-refractivity contribution in [2.45, 2.75) is 189 Å². The number of unbranched alkanes of at least 4 members (excludes halogenated alkanes) is 4. The van der Waals surface area contributed by atoms with Crippen LogP contribution in [0.1, 0.15) is 189 Å². The first-order valence-electron chi connectivity index (χ1n) is 34.8. The van der Waals surface area contributed by atoms with Crippen LogP contribution in [0.4, 0.5) is 0 Å². The molecule has 0 saturated heterocycles. The van der Waals surface area contributed by atoms with Crippen LogP contribution in [0.3, 0.4) is 0 Å². The minimum atomic E-state index is -1.01. The van der Waals surface area contributed by atoms with Gasteiger partial charge in [-0.25, -0.2) is 0 Å². The molecule has 20 heteroatoms. The quantitative estimate of drug-likeness (QED) is 0.0442. The number of carboxylic acids is 1. The summed E-state index contributed by atoms with van der Waals surface area (Å²) in [6.45, 7) is 28.9. The maximum absolute atomic E-state index is 13.6. The zero-order valence-corrected chi connectivity index (χ0v) is 56.6. The molecule has 1 aliphatic carbocycles. The molecule has 1 aliphatic rings. The normalized spacial score (nSPS) is 15.1. The van der Waals surface area contributed by atoms with Gasteiger partial charge in [0.25, 0.3) is 0 Å². The average Bonchev–Trinajstić information content (AvgIpc) is 3.58. The van der Waals surface area contributed by atoms with E-state index in [2.05, 4.69) is 34.6 Å². The number of ether oxygens (including phenoxy) is 16. The van der Waals surface area contributed by atoms with Gasteiger partial charge in [-0.3, -0.25) is 14.4 Å². The van der Waals surface area contributed by atoms with Gasteiger partial charge in [0.05, 0.1) is 123 Å². The summed E-state index contributed by atoms with van der Waals surface area (Å²) in [5.74, 6) is -2.71. The molecule has 0 aromatic rings. The molecule has 0 radical (unpaired) electrons. The van der Waals surface area contributed by atoms with Gasteiger partial charge in [-0.2, -0.15) is 0 Å². The predicted molar refractivity (Wildman–Crippen MR) is 341 cm³/mol. The van der Waals surface area contributed by atoms with Crippen LogP contribution in [-0.4, -0.2) is 221 Å². The fraction of sp³-hybridized carbons (Fsp3) is 0.956. The summed E-state index contributed by atoms with van der Waals surface area (Å²) >= 11 is 0. The summed E-state index contributed by atoms with van der Waals surface area (Å²) in [7, 11) is 0. The van der Waals surface area contributed by atoms with Crippen molar-refractivity contribution in [1.82, 2.24) is 0 Å². The Morgan fingerprint density at radius 3 is 1.14 bits per heavy atom. The lowest BCUT2D eigenvalue weighted by Gasteiger charge is -2.41. The van der Waals surface area contributed by atoms with E-state index in [0.717, 1.165) is 117 Å². The van der Waals surface area contributed by atoms with Crippen molar-refractivity contribution in [3.8, 4) is 0 Å². The largest absolute Gasteiger partial charge is 0.481 e. The van der Waals surface area contributed by atoms with Gasteiger partial charge in [-0.05, 0) is 101 Å². The van der Waals surface area contributed by atoms with Gasteiger partial charge in [0.1, 0.15) is 6.61 Å². The van der Waals surface area contributed by atoms with Crippen LogP contribution in [0.25, 0.3) is 0 Å². The molecule has 88 heavy (non-hydrogen) atoms. The third kappa shape index (κ3) is 51.4. The van der Waals surface area contributed by atoms with E-state index in [1.807, 2.05) is 0 Å². The molecule has 0 amide bonds. The van der Waals surface area contributed by atoms with Crippen LogP contribution in [-0.2, 0) is 90.2 Å². The summed E-state index contributed by atoms with van der Waals surface area (Å²) in [4.78, 5) is 39.1. The molecule has 1 saturated carbocycles. The lowest BCUT2D eigenvalue weighted by Crippen LogP contribution is -2.36. The molecular weight excluding hydrogens is 1140 g/mol. The lowest BCUT2D eigenvalue weighted by molar-refractivity contribution is -0.154. The van der Waals surface area contributed by atoms with E-state index in [1.165, 1.54) is 44.9 Å². The summed E-state index contributed by atoms with van der Waals surface area (Å²) in [5.41, 5.74) is -0.0892. The highest BCUT2D eigenvalue weighted by Crippen LogP contribution is 2.46. The maximum Gasteiger partial charge on any atom is 0.308 e. The highest BCUT2D eigenvalue weighted by molar-refractivity contribution is 5.77. The molecule has 0 aromatic heterocycles. The highest BCUT2D eigenvalue weighted by Gasteiger charge is 2.40. The number of carbonyl (C=O) groups excluding carboxylic acids is 2. The SMILES string of the molecule is CCCCCCOC(=O)C(CC(CC(C)C(=O)OCCOCCOCCOCCOCCOCCOCCOCCOCCCOCCCOCCCOCCCOCCCOCCCOCC(CC)CCCC)C(=O)O)CC(C)(CC)C1CCCCC1. The van der Waals surface area contributed by atoms with E-state index in [1.54, 1.807) is 6.92 Å². The van der Waals surface area contributed by atoms with Crippen LogP contribution < -0.4 is 0 Å². The van der Waals surface area contributed by atoms with Crippen LogP contribution in [0.5, 0.6) is 0 Å². The van der Waals surface area contributed by atoms with E-state index >= 15 is 0 Å². The van der Waals surface area contributed by atoms with Gasteiger partial charge in [0.2, 0.25) is 0 Å². The topological polar surface area (TPSA) is 219 Å². The van der Waals surface area contributed by atoms with E-state index in [-0.39, 0.29) is 37.4 Å². The second-order valence-corrected chi connectivity index (χ2v) is 23.6. The van der Waals surface area contributed by atoms with Crippen LogP contribution >= 0.6 is 0 Å². The zero-order valence-electron chi connectivity index (χ0n) is 56.6. The number of carboxylic acid groups (broad SMARTS) is 1.